The summed E-state index contributed by atoms with van der Waals surface area (Å²) in [5, 5.41) is 14.1. The molecule has 0 saturated heterocycles. The molecule has 0 radical (unpaired) electrons. The average Bonchev–Trinajstić information content (AvgIpc) is 3.23. The first kappa shape index (κ1) is 15.9. The van der Waals surface area contributed by atoms with Crippen LogP contribution in [0.4, 0.5) is 0 Å². The summed E-state index contributed by atoms with van der Waals surface area (Å²) in [4.78, 5) is 20.3. The van der Waals surface area contributed by atoms with E-state index in [1.54, 1.807) is 18.6 Å². The summed E-state index contributed by atoms with van der Waals surface area (Å²) in [6.07, 6.45) is 6.15. The molecule has 0 aliphatic heterocycles. The third kappa shape index (κ3) is 4.03. The van der Waals surface area contributed by atoms with Crippen molar-refractivity contribution in [3.63, 3.8) is 0 Å². The molecule has 24 heavy (non-hydrogen) atoms. The number of nitrogens with one attached hydrogen (secondary N) is 2. The molecule has 0 bridgehead atoms. The van der Waals surface area contributed by atoms with Crippen molar-refractivity contribution in [2.75, 3.05) is 6.54 Å². The fourth-order valence-corrected chi connectivity index (χ4v) is 2.28. The Kier molecular flexibility index (Phi) is 4.95. The summed E-state index contributed by atoms with van der Waals surface area (Å²) < 4.78 is 1.82. The van der Waals surface area contributed by atoms with Crippen LogP contribution in [-0.4, -0.2) is 42.4 Å². The van der Waals surface area contributed by atoms with Crippen LogP contribution in [0.25, 0.3) is 11.4 Å². The number of aryl methyl sites for hydroxylation is 2. The smallest absolute Gasteiger partial charge is 0.221 e. The lowest BCUT2D eigenvalue weighted by atomic mass is 10.3. The highest BCUT2D eigenvalue weighted by molar-refractivity contribution is 5.75. The standard InChI is InChI=1S/C16H19N7O/c1-12-4-9-19-23(12)10-6-15(24)18-8-5-14-20-16(22-21-14)13-3-2-7-17-11-13/h2-4,7,9,11H,5-6,8,10H2,1H3,(H,18,24)(H,20,21,22). The zero-order valence-corrected chi connectivity index (χ0v) is 13.4. The molecule has 3 rings (SSSR count). The van der Waals surface area contributed by atoms with Gasteiger partial charge >= 0.3 is 0 Å². The molecule has 0 aliphatic carbocycles. The molecule has 0 atom stereocenters. The number of rotatable bonds is 7. The van der Waals surface area contributed by atoms with E-state index < -0.39 is 0 Å². The van der Waals surface area contributed by atoms with Gasteiger partial charge < -0.3 is 5.32 Å². The van der Waals surface area contributed by atoms with Crippen LogP contribution >= 0.6 is 0 Å². The number of H-pyrrole nitrogens is 1. The van der Waals surface area contributed by atoms with Gasteiger partial charge in [-0.3, -0.25) is 19.6 Å². The maximum absolute atomic E-state index is 11.9. The van der Waals surface area contributed by atoms with Crippen LogP contribution in [0.1, 0.15) is 17.9 Å². The first-order chi connectivity index (χ1) is 11.7. The van der Waals surface area contributed by atoms with Crippen LogP contribution < -0.4 is 5.32 Å². The second-order valence-electron chi connectivity index (χ2n) is 5.39. The minimum absolute atomic E-state index is 0.00287. The van der Waals surface area contributed by atoms with Crippen LogP contribution in [-0.2, 0) is 17.8 Å². The number of hydrogen-bond donors (Lipinski definition) is 2. The third-order valence-electron chi connectivity index (χ3n) is 3.62. The normalized spacial score (nSPS) is 10.7. The molecule has 0 saturated carbocycles. The lowest BCUT2D eigenvalue weighted by Crippen LogP contribution is -2.27. The van der Waals surface area contributed by atoms with Gasteiger partial charge in [0.1, 0.15) is 5.82 Å². The molecule has 0 aromatic carbocycles. The first-order valence-electron chi connectivity index (χ1n) is 7.79. The first-order valence-corrected chi connectivity index (χ1v) is 7.79. The maximum Gasteiger partial charge on any atom is 0.221 e. The van der Waals surface area contributed by atoms with E-state index in [1.807, 2.05) is 29.8 Å². The van der Waals surface area contributed by atoms with Crippen molar-refractivity contribution in [2.45, 2.75) is 26.3 Å². The molecule has 3 heterocycles. The summed E-state index contributed by atoms with van der Waals surface area (Å²) in [6, 6.07) is 5.66. The van der Waals surface area contributed by atoms with Crippen molar-refractivity contribution in [1.82, 2.24) is 35.3 Å². The Bertz CT molecular complexity index is 794. The van der Waals surface area contributed by atoms with Gasteiger partial charge in [0.25, 0.3) is 0 Å². The van der Waals surface area contributed by atoms with Crippen molar-refractivity contribution in [3.05, 3.63) is 48.3 Å². The average molecular weight is 325 g/mol. The van der Waals surface area contributed by atoms with E-state index in [0.717, 1.165) is 17.1 Å². The molecule has 8 heteroatoms. The Morgan fingerprint density at radius 3 is 3.00 bits per heavy atom. The van der Waals surface area contributed by atoms with Crippen molar-refractivity contribution in [2.24, 2.45) is 0 Å². The van der Waals surface area contributed by atoms with Crippen LogP contribution in [0.5, 0.6) is 0 Å². The number of amides is 1. The van der Waals surface area contributed by atoms with Crippen molar-refractivity contribution in [3.8, 4) is 11.4 Å². The molecule has 0 unspecified atom stereocenters. The highest BCUT2D eigenvalue weighted by Crippen LogP contribution is 2.11. The Balaban J connectivity index is 1.42. The quantitative estimate of drug-likeness (QED) is 0.678. The van der Waals surface area contributed by atoms with E-state index >= 15 is 0 Å². The molecule has 0 aliphatic rings. The summed E-state index contributed by atoms with van der Waals surface area (Å²) >= 11 is 0. The van der Waals surface area contributed by atoms with Gasteiger partial charge in [-0.25, -0.2) is 4.98 Å². The molecular weight excluding hydrogens is 306 g/mol. The lowest BCUT2D eigenvalue weighted by Gasteiger charge is -2.05. The van der Waals surface area contributed by atoms with Crippen molar-refractivity contribution < 1.29 is 4.79 Å². The topological polar surface area (TPSA) is 101 Å². The van der Waals surface area contributed by atoms with Crippen molar-refractivity contribution >= 4 is 5.91 Å². The van der Waals surface area contributed by atoms with Gasteiger partial charge in [0, 0.05) is 55.8 Å². The second kappa shape index (κ2) is 7.49. The summed E-state index contributed by atoms with van der Waals surface area (Å²) in [6.45, 7) is 3.06. The monoisotopic (exact) mass is 325 g/mol. The van der Waals surface area contributed by atoms with Gasteiger partial charge in [-0.2, -0.15) is 10.2 Å². The predicted octanol–water partition coefficient (Wildman–Crippen LogP) is 1.12. The molecule has 1 amide bonds. The molecule has 8 nitrogen and oxygen atoms in total. The molecule has 2 N–H and O–H groups in total. The van der Waals surface area contributed by atoms with Gasteiger partial charge in [-0.15, -0.1) is 0 Å². The van der Waals surface area contributed by atoms with Gasteiger partial charge in [0.05, 0.1) is 0 Å². The number of carbonyl (C=O) groups is 1. The SMILES string of the molecule is Cc1ccnn1CCC(=O)NCCc1nc(-c2cccnc2)n[nH]1. The Morgan fingerprint density at radius 1 is 1.33 bits per heavy atom. The minimum Gasteiger partial charge on any atom is -0.356 e. The maximum atomic E-state index is 11.9. The van der Waals surface area contributed by atoms with E-state index in [2.05, 4.69) is 30.6 Å². The molecule has 3 aromatic heterocycles. The zero-order chi connectivity index (χ0) is 16.8. The van der Waals surface area contributed by atoms with Gasteiger partial charge in [-0.05, 0) is 25.1 Å². The second-order valence-corrected chi connectivity index (χ2v) is 5.39. The van der Waals surface area contributed by atoms with Crippen LogP contribution in [0.15, 0.2) is 36.8 Å². The lowest BCUT2D eigenvalue weighted by molar-refractivity contribution is -0.121. The number of pyridine rings is 1. The van der Waals surface area contributed by atoms with E-state index in [9.17, 15) is 4.79 Å². The summed E-state index contributed by atoms with van der Waals surface area (Å²) in [5.41, 5.74) is 1.91. The molecule has 0 spiro atoms. The van der Waals surface area contributed by atoms with Crippen LogP contribution in [0.3, 0.4) is 0 Å². The predicted molar refractivity (Wildman–Crippen MR) is 87.9 cm³/mol. The highest BCUT2D eigenvalue weighted by atomic mass is 16.1. The minimum atomic E-state index is -0.00287. The number of aromatic amines is 1. The number of aromatic nitrogens is 6. The van der Waals surface area contributed by atoms with E-state index in [4.69, 9.17) is 0 Å². The third-order valence-corrected chi connectivity index (χ3v) is 3.62. The summed E-state index contributed by atoms with van der Waals surface area (Å²) in [7, 11) is 0. The fourth-order valence-electron chi connectivity index (χ4n) is 2.28. The Hall–Kier alpha value is -3.03. The Labute approximate surface area is 139 Å². The van der Waals surface area contributed by atoms with Gasteiger partial charge in [-0.1, -0.05) is 0 Å². The summed E-state index contributed by atoms with van der Waals surface area (Å²) in [5.74, 6) is 1.34. The van der Waals surface area contributed by atoms with E-state index in [-0.39, 0.29) is 5.91 Å². The Morgan fingerprint density at radius 2 is 2.25 bits per heavy atom. The van der Waals surface area contributed by atoms with E-state index in [0.29, 0.717) is 31.8 Å². The molecule has 0 fully saturated rings. The molecule has 124 valence electrons. The largest absolute Gasteiger partial charge is 0.356 e. The van der Waals surface area contributed by atoms with Gasteiger partial charge in [0.15, 0.2) is 5.82 Å². The number of carbonyl (C=O) groups excluding carboxylic acids is 1. The molecular formula is C16H19N7O. The number of hydrogen-bond acceptors (Lipinski definition) is 5. The van der Waals surface area contributed by atoms with Crippen molar-refractivity contribution in [1.29, 1.82) is 0 Å². The van der Waals surface area contributed by atoms with Gasteiger partial charge in [0.2, 0.25) is 5.91 Å². The number of nitrogens with zero attached hydrogens (tertiary/aromatic N) is 5. The highest BCUT2D eigenvalue weighted by Gasteiger charge is 2.07. The van der Waals surface area contributed by atoms with Crippen LogP contribution in [0.2, 0.25) is 0 Å². The fraction of sp³-hybridized carbons (Fsp3) is 0.312. The van der Waals surface area contributed by atoms with E-state index in [1.165, 1.54) is 0 Å². The zero-order valence-electron chi connectivity index (χ0n) is 13.4. The molecule has 3 aromatic rings. The van der Waals surface area contributed by atoms with Crippen LogP contribution in [0, 0.1) is 6.92 Å².